The molecule has 0 aromatic heterocycles. The van der Waals surface area contributed by atoms with E-state index in [4.69, 9.17) is 4.74 Å². The molecule has 0 bridgehead atoms. The van der Waals surface area contributed by atoms with Crippen LogP contribution in [0, 0.1) is 0 Å². The number of hydrogen-bond acceptors (Lipinski definition) is 4. The van der Waals surface area contributed by atoms with Crippen LogP contribution in [0.3, 0.4) is 0 Å². The fourth-order valence-electron chi connectivity index (χ4n) is 5.50. The van der Waals surface area contributed by atoms with E-state index in [0.717, 1.165) is 31.2 Å². The first-order valence-corrected chi connectivity index (χ1v) is 13.6. The Hall–Kier alpha value is -3.35. The van der Waals surface area contributed by atoms with Gasteiger partial charge in [-0.15, -0.1) is 0 Å². The summed E-state index contributed by atoms with van der Waals surface area (Å²) in [7, 11) is 0. The smallest absolute Gasteiger partial charge is 0.275 e. The second kappa shape index (κ2) is 11.4. The van der Waals surface area contributed by atoms with Gasteiger partial charge in [0.1, 0.15) is 5.75 Å². The summed E-state index contributed by atoms with van der Waals surface area (Å²) in [5.74, 6) is 0.219. The highest BCUT2D eigenvalue weighted by Gasteiger charge is 2.46. The average molecular weight is 506 g/mol. The Morgan fingerprint density at radius 1 is 1.11 bits per heavy atom. The summed E-state index contributed by atoms with van der Waals surface area (Å²) in [6.07, 6.45) is 5.93. The molecule has 2 aromatic carbocycles. The molecule has 2 aliphatic rings. The van der Waals surface area contributed by atoms with Crippen LogP contribution in [0.1, 0.15) is 82.1 Å². The maximum atomic E-state index is 13.9. The van der Waals surface area contributed by atoms with E-state index in [-0.39, 0.29) is 36.3 Å². The number of carbonyl (C=O) groups is 3. The molecule has 1 atom stereocenters. The van der Waals surface area contributed by atoms with Gasteiger partial charge in [0.2, 0.25) is 11.5 Å². The van der Waals surface area contributed by atoms with Crippen LogP contribution in [0.2, 0.25) is 0 Å². The maximum Gasteiger partial charge on any atom is 0.275 e. The lowest BCUT2D eigenvalue weighted by molar-refractivity contribution is -0.135. The largest absolute Gasteiger partial charge is 0.471 e. The van der Waals surface area contributed by atoms with Gasteiger partial charge in [-0.05, 0) is 51.8 Å². The number of carbonyl (C=O) groups excluding carboxylic acids is 3. The van der Waals surface area contributed by atoms with E-state index in [0.29, 0.717) is 30.0 Å². The molecule has 2 aromatic rings. The molecule has 1 heterocycles. The van der Waals surface area contributed by atoms with E-state index in [1.165, 1.54) is 6.42 Å². The van der Waals surface area contributed by atoms with Crippen LogP contribution in [0.4, 0.5) is 5.69 Å². The van der Waals surface area contributed by atoms with Crippen LogP contribution in [-0.4, -0.2) is 47.8 Å². The molecule has 1 N–H and O–H groups in total. The zero-order valence-corrected chi connectivity index (χ0v) is 22.5. The predicted molar refractivity (Wildman–Crippen MR) is 145 cm³/mol. The summed E-state index contributed by atoms with van der Waals surface area (Å²) in [6, 6.07) is 15.1. The molecule has 0 saturated heterocycles. The molecule has 7 nitrogen and oxygen atoms in total. The van der Waals surface area contributed by atoms with Crippen LogP contribution in [0.5, 0.6) is 5.75 Å². The van der Waals surface area contributed by atoms with Gasteiger partial charge in [0.15, 0.2) is 0 Å². The normalized spacial score (nSPS) is 19.8. The van der Waals surface area contributed by atoms with E-state index < -0.39 is 5.60 Å². The molecule has 0 radical (unpaired) electrons. The fourth-order valence-corrected chi connectivity index (χ4v) is 5.50. The van der Waals surface area contributed by atoms with Crippen molar-refractivity contribution in [1.82, 2.24) is 10.2 Å². The molecule has 1 fully saturated rings. The summed E-state index contributed by atoms with van der Waals surface area (Å²) in [4.78, 5) is 43.2. The number of amides is 3. The van der Waals surface area contributed by atoms with Crippen LogP contribution in [0.25, 0.3) is 0 Å². The standard InChI is InChI=1S/C30H39N3O4/c1-5-27(34)31-18-19-32-25-20-22(28(35)33(21(2)3)24-14-10-7-11-15-24)16-17-26(25)37-30(4,29(32)36)23-12-8-6-9-13-23/h6,8-9,12-13,16-17,20-21,24H,5,7,10-11,14-15,18-19H2,1-4H3,(H,31,34). The second-order valence-electron chi connectivity index (χ2n) is 10.4. The third-order valence-electron chi connectivity index (χ3n) is 7.53. The molecule has 37 heavy (non-hydrogen) atoms. The maximum absolute atomic E-state index is 13.9. The second-order valence-corrected chi connectivity index (χ2v) is 10.4. The molecule has 1 aliphatic heterocycles. The van der Waals surface area contributed by atoms with Crippen LogP contribution >= 0.6 is 0 Å². The number of nitrogens with one attached hydrogen (secondary N) is 1. The van der Waals surface area contributed by atoms with Crippen molar-refractivity contribution in [2.24, 2.45) is 0 Å². The van der Waals surface area contributed by atoms with Crippen molar-refractivity contribution in [3.05, 3.63) is 59.7 Å². The minimum absolute atomic E-state index is 0.0206. The zero-order valence-electron chi connectivity index (χ0n) is 22.5. The van der Waals surface area contributed by atoms with Crippen molar-refractivity contribution in [1.29, 1.82) is 0 Å². The molecule has 1 saturated carbocycles. The minimum atomic E-state index is -1.22. The quantitative estimate of drug-likeness (QED) is 0.545. The van der Waals surface area contributed by atoms with Crippen molar-refractivity contribution in [2.75, 3.05) is 18.0 Å². The molecule has 4 rings (SSSR count). The highest BCUT2D eigenvalue weighted by molar-refractivity contribution is 6.05. The summed E-state index contributed by atoms with van der Waals surface area (Å²) >= 11 is 0. The number of benzene rings is 2. The Balaban J connectivity index is 1.70. The summed E-state index contributed by atoms with van der Waals surface area (Å²) < 4.78 is 6.35. The van der Waals surface area contributed by atoms with Crippen LogP contribution < -0.4 is 15.0 Å². The first kappa shape index (κ1) is 26.7. The molecule has 198 valence electrons. The molecule has 3 amide bonds. The minimum Gasteiger partial charge on any atom is -0.471 e. The van der Waals surface area contributed by atoms with E-state index >= 15 is 0 Å². The lowest BCUT2D eigenvalue weighted by atomic mass is 9.91. The number of rotatable bonds is 8. The van der Waals surface area contributed by atoms with Crippen molar-refractivity contribution in [3.63, 3.8) is 0 Å². The van der Waals surface area contributed by atoms with Gasteiger partial charge in [-0.3, -0.25) is 14.4 Å². The Morgan fingerprint density at radius 3 is 2.46 bits per heavy atom. The van der Waals surface area contributed by atoms with Gasteiger partial charge in [-0.2, -0.15) is 0 Å². The van der Waals surface area contributed by atoms with Crippen molar-refractivity contribution in [3.8, 4) is 5.75 Å². The predicted octanol–water partition coefficient (Wildman–Crippen LogP) is 5.04. The number of hydrogen-bond donors (Lipinski definition) is 1. The molecular formula is C30H39N3O4. The van der Waals surface area contributed by atoms with E-state index in [1.807, 2.05) is 35.2 Å². The molecule has 1 unspecified atom stereocenters. The summed E-state index contributed by atoms with van der Waals surface area (Å²) in [5.41, 5.74) is 0.625. The van der Waals surface area contributed by atoms with E-state index in [2.05, 4.69) is 19.2 Å². The third-order valence-corrected chi connectivity index (χ3v) is 7.53. The van der Waals surface area contributed by atoms with E-state index in [1.54, 1.807) is 36.9 Å². The van der Waals surface area contributed by atoms with Crippen molar-refractivity contribution >= 4 is 23.4 Å². The van der Waals surface area contributed by atoms with Crippen molar-refractivity contribution < 1.29 is 19.1 Å². The highest BCUT2D eigenvalue weighted by Crippen LogP contribution is 2.43. The first-order valence-electron chi connectivity index (χ1n) is 13.6. The fraction of sp³-hybridized carbons (Fsp3) is 0.500. The van der Waals surface area contributed by atoms with Gasteiger partial charge in [-0.25, -0.2) is 0 Å². The topological polar surface area (TPSA) is 79.0 Å². The SMILES string of the molecule is CCC(=O)NCCN1C(=O)C(C)(c2ccccc2)Oc2ccc(C(=O)N(C(C)C)C3CCCCC3)cc21. The van der Waals surface area contributed by atoms with Crippen LogP contribution in [-0.2, 0) is 15.2 Å². The third kappa shape index (κ3) is 5.50. The molecule has 7 heteroatoms. The van der Waals surface area contributed by atoms with Crippen molar-refractivity contribution in [2.45, 2.75) is 83.9 Å². The van der Waals surface area contributed by atoms with Gasteiger partial charge < -0.3 is 19.9 Å². The number of fused-ring (bicyclic) bond motifs is 1. The van der Waals surface area contributed by atoms with Gasteiger partial charge in [-0.1, -0.05) is 56.5 Å². The lowest BCUT2D eigenvalue weighted by Gasteiger charge is -2.41. The summed E-state index contributed by atoms with van der Waals surface area (Å²) in [6.45, 7) is 8.27. The first-order chi connectivity index (χ1) is 17.8. The van der Waals surface area contributed by atoms with Crippen LogP contribution in [0.15, 0.2) is 48.5 Å². The van der Waals surface area contributed by atoms with Gasteiger partial charge in [0, 0.05) is 42.7 Å². The Morgan fingerprint density at radius 2 is 1.81 bits per heavy atom. The Kier molecular flexibility index (Phi) is 8.20. The number of anilines is 1. The highest BCUT2D eigenvalue weighted by atomic mass is 16.5. The molecule has 0 spiro atoms. The lowest BCUT2D eigenvalue weighted by Crippen LogP contribution is -2.54. The summed E-state index contributed by atoms with van der Waals surface area (Å²) in [5, 5.41) is 2.86. The van der Waals surface area contributed by atoms with Gasteiger partial charge >= 0.3 is 0 Å². The number of ether oxygens (including phenoxy) is 1. The molecular weight excluding hydrogens is 466 g/mol. The van der Waals surface area contributed by atoms with Gasteiger partial charge in [0.25, 0.3) is 11.8 Å². The Bertz CT molecular complexity index is 1130. The molecule has 1 aliphatic carbocycles. The van der Waals surface area contributed by atoms with E-state index in [9.17, 15) is 14.4 Å². The van der Waals surface area contributed by atoms with Gasteiger partial charge in [0.05, 0.1) is 5.69 Å². The zero-order chi connectivity index (χ0) is 26.6. The average Bonchev–Trinajstić information content (AvgIpc) is 2.91. The Labute approximate surface area is 220 Å². The number of nitrogens with zero attached hydrogens (tertiary/aromatic N) is 2. The monoisotopic (exact) mass is 505 g/mol.